The summed E-state index contributed by atoms with van der Waals surface area (Å²) in [4.78, 5) is 17.5. The summed E-state index contributed by atoms with van der Waals surface area (Å²) in [5.41, 5.74) is 2.46. The molecule has 0 bridgehead atoms. The second-order valence-electron chi connectivity index (χ2n) is 6.76. The van der Waals surface area contributed by atoms with Gasteiger partial charge in [-0.25, -0.2) is 4.98 Å². The van der Waals surface area contributed by atoms with Gasteiger partial charge in [0.1, 0.15) is 5.69 Å². The molecule has 5 nitrogen and oxygen atoms in total. The van der Waals surface area contributed by atoms with Crippen molar-refractivity contribution in [1.82, 2.24) is 4.98 Å². The number of ketones is 1. The molecule has 2 aromatic carbocycles. The Morgan fingerprint density at radius 2 is 1.61 bits per heavy atom. The van der Waals surface area contributed by atoms with Crippen LogP contribution in [0.4, 0.5) is 5.69 Å². The van der Waals surface area contributed by atoms with Crippen LogP contribution in [0.2, 0.25) is 10.0 Å². The molecule has 3 aromatic rings. The number of benzene rings is 2. The van der Waals surface area contributed by atoms with E-state index in [-0.39, 0.29) is 11.5 Å². The summed E-state index contributed by atoms with van der Waals surface area (Å²) in [7, 11) is 0. The Kier molecular flexibility index (Phi) is 7.68. The molecule has 0 atom stereocenters. The number of carbonyl (C=O) groups excluding carboxylic acids is 1. The zero-order chi connectivity index (χ0) is 22.4. The molecule has 0 saturated carbocycles. The number of ether oxygens (including phenoxy) is 2. The topological polar surface area (TPSA) is 60.5 Å². The molecule has 0 amide bonds. The normalized spacial score (nSPS) is 11.4. The number of aryl methyl sites for hydroxylation is 1. The Labute approximate surface area is 192 Å². The van der Waals surface area contributed by atoms with E-state index in [0.717, 1.165) is 5.69 Å². The van der Waals surface area contributed by atoms with Crippen molar-refractivity contribution in [2.45, 2.75) is 26.7 Å². The lowest BCUT2D eigenvalue weighted by atomic mass is 10.0. The van der Waals surface area contributed by atoms with Crippen LogP contribution in [0, 0.1) is 6.92 Å². The number of pyridine rings is 1. The fourth-order valence-corrected chi connectivity index (χ4v) is 3.56. The van der Waals surface area contributed by atoms with E-state index in [2.05, 4.69) is 10.3 Å². The smallest absolute Gasteiger partial charge is 0.279 e. The molecule has 31 heavy (non-hydrogen) atoms. The van der Waals surface area contributed by atoms with E-state index in [9.17, 15) is 4.79 Å². The van der Waals surface area contributed by atoms with Gasteiger partial charge in [-0.1, -0.05) is 41.4 Å². The van der Waals surface area contributed by atoms with Gasteiger partial charge in [-0.15, -0.1) is 0 Å². The third-order valence-corrected chi connectivity index (χ3v) is 5.32. The summed E-state index contributed by atoms with van der Waals surface area (Å²) in [5.74, 6) is -1.65. The van der Waals surface area contributed by atoms with E-state index in [0.29, 0.717) is 40.1 Å². The first kappa shape index (κ1) is 23.2. The first-order valence-corrected chi connectivity index (χ1v) is 10.7. The van der Waals surface area contributed by atoms with Gasteiger partial charge in [-0.2, -0.15) is 0 Å². The van der Waals surface area contributed by atoms with Crippen molar-refractivity contribution in [2.24, 2.45) is 0 Å². The van der Waals surface area contributed by atoms with Crippen molar-refractivity contribution in [1.29, 1.82) is 0 Å². The van der Waals surface area contributed by atoms with Crippen LogP contribution in [0.1, 0.15) is 41.2 Å². The van der Waals surface area contributed by atoms with Crippen molar-refractivity contribution in [2.75, 3.05) is 18.5 Å². The van der Waals surface area contributed by atoms with Crippen LogP contribution in [0.15, 0.2) is 60.7 Å². The molecule has 0 unspecified atom stereocenters. The molecule has 1 heterocycles. The molecule has 0 spiro atoms. The van der Waals surface area contributed by atoms with Crippen LogP contribution >= 0.6 is 23.2 Å². The fraction of sp³-hybridized carbons (Fsp3) is 0.250. The third kappa shape index (κ3) is 5.25. The highest BCUT2D eigenvalue weighted by molar-refractivity contribution is 6.32. The van der Waals surface area contributed by atoms with Crippen molar-refractivity contribution >= 4 is 34.7 Å². The van der Waals surface area contributed by atoms with Gasteiger partial charge in [-0.05, 0) is 63.2 Å². The molecule has 0 radical (unpaired) electrons. The lowest BCUT2D eigenvalue weighted by molar-refractivity contribution is -0.222. The van der Waals surface area contributed by atoms with Gasteiger partial charge in [0.2, 0.25) is 5.78 Å². The van der Waals surface area contributed by atoms with E-state index >= 15 is 0 Å². The van der Waals surface area contributed by atoms with Crippen LogP contribution in [0.25, 0.3) is 0 Å². The summed E-state index contributed by atoms with van der Waals surface area (Å²) >= 11 is 12.6. The maximum atomic E-state index is 13.1. The summed E-state index contributed by atoms with van der Waals surface area (Å²) in [5, 5.41) is 4.22. The zero-order valence-corrected chi connectivity index (χ0v) is 19.1. The van der Waals surface area contributed by atoms with Crippen LogP contribution in [-0.4, -0.2) is 24.0 Å². The van der Waals surface area contributed by atoms with Gasteiger partial charge in [-0.3, -0.25) is 4.79 Å². The minimum atomic E-state index is -1.40. The monoisotopic (exact) mass is 458 g/mol. The SMILES string of the molecule is CCOC(Nc1ccccc1)(OCC)c1cc(C(=O)c2ccc(Cl)cc2)nc(C)c1Cl. The molecule has 162 valence electrons. The second-order valence-corrected chi connectivity index (χ2v) is 7.58. The predicted octanol–water partition coefficient (Wildman–Crippen LogP) is 6.22. The molecular weight excluding hydrogens is 435 g/mol. The molecule has 0 aliphatic rings. The number of aromatic nitrogens is 1. The summed E-state index contributed by atoms with van der Waals surface area (Å²) < 4.78 is 12.2. The molecule has 7 heteroatoms. The average Bonchev–Trinajstić information content (AvgIpc) is 2.76. The van der Waals surface area contributed by atoms with Crippen molar-refractivity contribution < 1.29 is 14.3 Å². The largest absolute Gasteiger partial charge is 0.330 e. The Morgan fingerprint density at radius 3 is 2.19 bits per heavy atom. The molecule has 0 fully saturated rings. The zero-order valence-electron chi connectivity index (χ0n) is 17.6. The molecule has 0 saturated heterocycles. The van der Waals surface area contributed by atoms with Gasteiger partial charge in [0.15, 0.2) is 0 Å². The standard InChI is InChI=1S/C24H24Cl2N2O3/c1-4-30-24(31-5-2,28-19-9-7-6-8-10-19)20-15-21(27-16(3)22(20)26)23(29)17-11-13-18(25)14-12-17/h6-15,28H,4-5H2,1-3H3. The summed E-state index contributed by atoms with van der Waals surface area (Å²) in [6.07, 6.45) is 0. The van der Waals surface area contributed by atoms with Gasteiger partial charge in [0.05, 0.1) is 16.3 Å². The molecule has 1 N–H and O–H groups in total. The maximum Gasteiger partial charge on any atom is 0.279 e. The quantitative estimate of drug-likeness (QED) is 0.304. The summed E-state index contributed by atoms with van der Waals surface area (Å²) in [6.45, 7) is 6.16. The number of rotatable bonds is 9. The number of hydrogen-bond donors (Lipinski definition) is 1. The second kappa shape index (κ2) is 10.2. The molecule has 0 aliphatic carbocycles. The Hall–Kier alpha value is -2.44. The van der Waals surface area contributed by atoms with E-state index in [1.54, 1.807) is 37.3 Å². The molecule has 3 rings (SSSR count). The highest BCUT2D eigenvalue weighted by atomic mass is 35.5. The van der Waals surface area contributed by atoms with Crippen LogP contribution in [0.5, 0.6) is 0 Å². The first-order valence-electron chi connectivity index (χ1n) is 9.99. The van der Waals surface area contributed by atoms with Crippen molar-refractivity contribution in [3.05, 3.63) is 93.2 Å². The Morgan fingerprint density at radius 1 is 1.00 bits per heavy atom. The van der Waals surface area contributed by atoms with Gasteiger partial charge in [0, 0.05) is 29.5 Å². The minimum Gasteiger partial charge on any atom is -0.330 e. The van der Waals surface area contributed by atoms with E-state index in [1.807, 2.05) is 44.2 Å². The number of para-hydroxylation sites is 1. The number of carbonyl (C=O) groups is 1. The average molecular weight is 459 g/mol. The maximum absolute atomic E-state index is 13.1. The number of hydrogen-bond acceptors (Lipinski definition) is 5. The Bertz CT molecular complexity index is 1030. The number of halogens is 2. The molecule has 1 aromatic heterocycles. The van der Waals surface area contributed by atoms with E-state index in [4.69, 9.17) is 32.7 Å². The number of anilines is 1. The van der Waals surface area contributed by atoms with Crippen molar-refractivity contribution in [3.8, 4) is 0 Å². The highest BCUT2D eigenvalue weighted by Gasteiger charge is 2.38. The van der Waals surface area contributed by atoms with Crippen molar-refractivity contribution in [3.63, 3.8) is 0 Å². The minimum absolute atomic E-state index is 0.234. The third-order valence-electron chi connectivity index (χ3n) is 4.59. The van der Waals surface area contributed by atoms with Crippen LogP contribution in [-0.2, 0) is 15.4 Å². The van der Waals surface area contributed by atoms with Crippen LogP contribution < -0.4 is 5.32 Å². The van der Waals surface area contributed by atoms with Gasteiger partial charge >= 0.3 is 0 Å². The fourth-order valence-electron chi connectivity index (χ4n) is 3.22. The van der Waals surface area contributed by atoms with E-state index < -0.39 is 5.91 Å². The highest BCUT2D eigenvalue weighted by Crippen LogP contribution is 2.36. The number of nitrogens with one attached hydrogen (secondary N) is 1. The Balaban J connectivity index is 2.13. The summed E-state index contributed by atoms with van der Waals surface area (Å²) in [6, 6.07) is 17.8. The molecule has 0 aliphatic heterocycles. The van der Waals surface area contributed by atoms with Gasteiger partial charge in [0.25, 0.3) is 5.91 Å². The van der Waals surface area contributed by atoms with Gasteiger partial charge < -0.3 is 14.8 Å². The lowest BCUT2D eigenvalue weighted by Gasteiger charge is -2.36. The first-order chi connectivity index (χ1) is 14.9. The predicted molar refractivity (Wildman–Crippen MR) is 124 cm³/mol. The van der Waals surface area contributed by atoms with Crippen LogP contribution in [0.3, 0.4) is 0 Å². The van der Waals surface area contributed by atoms with E-state index in [1.165, 1.54) is 0 Å². The number of nitrogens with zero attached hydrogens (tertiary/aromatic N) is 1. The molecular formula is C24H24Cl2N2O3. The lowest BCUT2D eigenvalue weighted by Crippen LogP contribution is -2.42.